The van der Waals surface area contributed by atoms with Gasteiger partial charge in [-0.2, -0.15) is 0 Å². The average Bonchev–Trinajstić information content (AvgIpc) is 2.96. The van der Waals surface area contributed by atoms with Gasteiger partial charge in [-0.05, 0) is 91.5 Å². The van der Waals surface area contributed by atoms with Crippen LogP contribution in [0.5, 0.6) is 0 Å². The standard InChI is InChI=1S/C17H21N.C15H15FN2O.C2H6/c1-13-5-3-7-15(11-13)17(9-10-18)16-8-4-6-14(2)12-16;16-13-5-1-3-11(9-13)15(7-8-17)12-4-2-6-14(10-12)18-19;1-2/h3-8,11-12,17H,9-10,18H2,1-2H3;1-6,9-10,15H,7-8,17H2;1-2H3. The van der Waals surface area contributed by atoms with Crippen molar-refractivity contribution in [3.8, 4) is 0 Å². The molecule has 4 aromatic carbocycles. The molecule has 0 saturated carbocycles. The molecule has 0 radical (unpaired) electrons. The molecule has 0 fully saturated rings. The van der Waals surface area contributed by atoms with Gasteiger partial charge in [0.2, 0.25) is 0 Å². The molecule has 0 aliphatic carbocycles. The molecule has 0 aliphatic rings. The van der Waals surface area contributed by atoms with E-state index >= 15 is 0 Å². The van der Waals surface area contributed by atoms with Crippen LogP contribution < -0.4 is 11.5 Å². The van der Waals surface area contributed by atoms with Crippen LogP contribution in [0.15, 0.2) is 102 Å². The Morgan fingerprint density at radius 1 is 0.641 bits per heavy atom. The zero-order chi connectivity index (χ0) is 28.6. The molecule has 0 aromatic heterocycles. The molecule has 0 heterocycles. The van der Waals surface area contributed by atoms with Crippen molar-refractivity contribution in [2.45, 2.75) is 52.4 Å². The molecular weight excluding hydrogens is 485 g/mol. The topological polar surface area (TPSA) is 81.5 Å². The van der Waals surface area contributed by atoms with Gasteiger partial charge in [0, 0.05) is 11.8 Å². The first-order valence-electron chi connectivity index (χ1n) is 13.7. The predicted octanol–water partition coefficient (Wildman–Crippen LogP) is 8.51. The van der Waals surface area contributed by atoms with Crippen molar-refractivity contribution >= 4 is 5.69 Å². The van der Waals surface area contributed by atoms with E-state index in [1.54, 1.807) is 24.3 Å². The van der Waals surface area contributed by atoms with Crippen molar-refractivity contribution in [1.82, 2.24) is 0 Å². The lowest BCUT2D eigenvalue weighted by Gasteiger charge is -2.18. The second-order valence-corrected chi connectivity index (χ2v) is 9.33. The highest BCUT2D eigenvalue weighted by molar-refractivity contribution is 5.44. The van der Waals surface area contributed by atoms with Crippen LogP contribution in [-0.4, -0.2) is 13.1 Å². The number of benzene rings is 4. The molecule has 0 amide bonds. The van der Waals surface area contributed by atoms with E-state index in [-0.39, 0.29) is 11.7 Å². The lowest BCUT2D eigenvalue weighted by atomic mass is 9.87. The van der Waals surface area contributed by atoms with Crippen molar-refractivity contribution in [1.29, 1.82) is 0 Å². The normalized spacial score (nSPS) is 11.1. The summed E-state index contributed by atoms with van der Waals surface area (Å²) in [6.45, 7) is 9.48. The van der Waals surface area contributed by atoms with Gasteiger partial charge in [-0.25, -0.2) is 4.39 Å². The Bertz CT molecular complexity index is 1250. The van der Waals surface area contributed by atoms with Crippen LogP contribution in [0.1, 0.15) is 71.9 Å². The minimum Gasteiger partial charge on any atom is -0.330 e. The predicted molar refractivity (Wildman–Crippen MR) is 163 cm³/mol. The van der Waals surface area contributed by atoms with E-state index in [9.17, 15) is 9.30 Å². The van der Waals surface area contributed by atoms with Crippen LogP contribution in [0.3, 0.4) is 0 Å². The van der Waals surface area contributed by atoms with E-state index in [4.69, 9.17) is 11.5 Å². The van der Waals surface area contributed by atoms with Gasteiger partial charge in [0.25, 0.3) is 0 Å². The van der Waals surface area contributed by atoms with Crippen LogP contribution in [0, 0.1) is 24.6 Å². The summed E-state index contributed by atoms with van der Waals surface area (Å²) in [5.74, 6) is 0.112. The third-order valence-corrected chi connectivity index (χ3v) is 6.43. The summed E-state index contributed by atoms with van der Waals surface area (Å²) in [7, 11) is 0. The molecule has 4 N–H and O–H groups in total. The van der Waals surface area contributed by atoms with Gasteiger partial charge in [-0.3, -0.25) is 0 Å². The maximum absolute atomic E-state index is 13.3. The Hall–Kier alpha value is -3.67. The van der Waals surface area contributed by atoms with E-state index in [0.29, 0.717) is 31.1 Å². The van der Waals surface area contributed by atoms with Crippen molar-refractivity contribution in [3.05, 3.63) is 141 Å². The lowest BCUT2D eigenvalue weighted by Crippen LogP contribution is -2.09. The summed E-state index contributed by atoms with van der Waals surface area (Å²) in [6.07, 6.45) is 1.68. The molecule has 206 valence electrons. The summed E-state index contributed by atoms with van der Waals surface area (Å²) in [6, 6.07) is 31.0. The zero-order valence-electron chi connectivity index (χ0n) is 23.6. The zero-order valence-corrected chi connectivity index (χ0v) is 23.6. The Kier molecular flexibility index (Phi) is 13.8. The lowest BCUT2D eigenvalue weighted by molar-refractivity contribution is 0.620. The Balaban J connectivity index is 0.000000258. The molecular formula is C34H42FN3O. The Morgan fingerprint density at radius 2 is 1.05 bits per heavy atom. The van der Waals surface area contributed by atoms with E-state index < -0.39 is 0 Å². The smallest absolute Gasteiger partial charge is 0.123 e. The largest absolute Gasteiger partial charge is 0.330 e. The summed E-state index contributed by atoms with van der Waals surface area (Å²) in [5, 5.41) is 2.93. The Labute approximate surface area is 233 Å². The fourth-order valence-corrected chi connectivity index (χ4v) is 4.68. The van der Waals surface area contributed by atoms with Gasteiger partial charge >= 0.3 is 0 Å². The van der Waals surface area contributed by atoms with E-state index in [1.165, 1.54) is 34.4 Å². The van der Waals surface area contributed by atoms with Gasteiger partial charge in [-0.1, -0.05) is 97.8 Å². The van der Waals surface area contributed by atoms with Crippen LogP contribution in [0.4, 0.5) is 10.1 Å². The van der Waals surface area contributed by atoms with E-state index in [1.807, 2.05) is 26.0 Å². The van der Waals surface area contributed by atoms with Gasteiger partial charge in [-0.15, -0.1) is 4.91 Å². The van der Waals surface area contributed by atoms with Gasteiger partial charge in [0.05, 0.1) is 0 Å². The van der Waals surface area contributed by atoms with Gasteiger partial charge in [0.1, 0.15) is 11.5 Å². The monoisotopic (exact) mass is 527 g/mol. The van der Waals surface area contributed by atoms with Gasteiger partial charge < -0.3 is 11.5 Å². The van der Waals surface area contributed by atoms with Crippen LogP contribution in [0.2, 0.25) is 0 Å². The highest BCUT2D eigenvalue weighted by Crippen LogP contribution is 2.30. The quantitative estimate of drug-likeness (QED) is 0.214. The summed E-state index contributed by atoms with van der Waals surface area (Å²) < 4.78 is 13.3. The molecule has 5 heteroatoms. The first kappa shape index (κ1) is 31.5. The number of halogens is 1. The van der Waals surface area contributed by atoms with Crippen LogP contribution in [-0.2, 0) is 0 Å². The number of hydrogen-bond donors (Lipinski definition) is 2. The number of rotatable bonds is 9. The van der Waals surface area contributed by atoms with Crippen molar-refractivity contribution in [3.63, 3.8) is 0 Å². The second-order valence-electron chi connectivity index (χ2n) is 9.33. The minimum atomic E-state index is -0.274. The number of aryl methyl sites for hydroxylation is 2. The van der Waals surface area contributed by atoms with Crippen LogP contribution in [0.25, 0.3) is 0 Å². The highest BCUT2D eigenvalue weighted by atomic mass is 19.1. The van der Waals surface area contributed by atoms with Crippen molar-refractivity contribution in [2.75, 3.05) is 13.1 Å². The van der Waals surface area contributed by atoms with Crippen molar-refractivity contribution < 1.29 is 4.39 Å². The molecule has 0 spiro atoms. The Morgan fingerprint density at radius 3 is 1.46 bits per heavy atom. The van der Waals surface area contributed by atoms with E-state index in [2.05, 4.69) is 67.6 Å². The van der Waals surface area contributed by atoms with Crippen LogP contribution >= 0.6 is 0 Å². The molecule has 1 atom stereocenters. The maximum Gasteiger partial charge on any atom is 0.123 e. The molecule has 1 unspecified atom stereocenters. The van der Waals surface area contributed by atoms with Gasteiger partial charge in [0.15, 0.2) is 0 Å². The molecule has 0 bridgehead atoms. The van der Waals surface area contributed by atoms with Crippen molar-refractivity contribution in [2.24, 2.45) is 16.6 Å². The number of nitroso groups, excluding NO2 is 1. The first-order valence-corrected chi connectivity index (χ1v) is 13.7. The fraction of sp³-hybridized carbons (Fsp3) is 0.294. The first-order chi connectivity index (χ1) is 18.9. The molecule has 0 aliphatic heterocycles. The molecule has 4 rings (SSSR count). The fourth-order valence-electron chi connectivity index (χ4n) is 4.68. The second kappa shape index (κ2) is 17.0. The average molecular weight is 528 g/mol. The molecule has 4 nitrogen and oxygen atoms in total. The third kappa shape index (κ3) is 9.86. The SMILES string of the molecule is CC.Cc1cccc(C(CCN)c2cccc(C)c2)c1.NCCC(c1cccc(F)c1)c1cccc(N=O)c1. The summed E-state index contributed by atoms with van der Waals surface area (Å²) in [4.78, 5) is 10.6. The molecule has 4 aromatic rings. The summed E-state index contributed by atoms with van der Waals surface area (Å²) in [5.41, 5.74) is 18.9. The third-order valence-electron chi connectivity index (χ3n) is 6.43. The minimum absolute atomic E-state index is 0.0256. The number of nitrogens with zero attached hydrogens (tertiary/aromatic N) is 1. The number of hydrogen-bond acceptors (Lipinski definition) is 4. The molecule has 0 saturated heterocycles. The summed E-state index contributed by atoms with van der Waals surface area (Å²) >= 11 is 0. The molecule has 39 heavy (non-hydrogen) atoms. The van der Waals surface area contributed by atoms with E-state index in [0.717, 1.165) is 17.5 Å². The maximum atomic E-state index is 13.3. The highest BCUT2D eigenvalue weighted by Gasteiger charge is 2.15. The number of nitrogens with two attached hydrogens (primary N) is 2.